The normalized spacial score (nSPS) is 18.5. The lowest BCUT2D eigenvalue weighted by atomic mass is 10.1. The molecule has 1 aromatic rings. The van der Waals surface area contributed by atoms with Crippen LogP contribution in [0.1, 0.15) is 19.3 Å². The monoisotopic (exact) mass is 354 g/mol. The van der Waals surface area contributed by atoms with E-state index in [0.717, 1.165) is 19.3 Å². The number of likely N-dealkylation sites (tertiary alicyclic amines) is 1. The molecule has 0 spiro atoms. The number of carbonyl (C=O) groups is 2. The summed E-state index contributed by atoms with van der Waals surface area (Å²) in [5.41, 5.74) is 0. The molecule has 1 fully saturated rings. The van der Waals surface area contributed by atoms with Gasteiger partial charge in [-0.2, -0.15) is 0 Å². The number of ether oxygens (including phenoxy) is 1. The van der Waals surface area contributed by atoms with E-state index < -0.39 is 5.97 Å². The van der Waals surface area contributed by atoms with Gasteiger partial charge in [-0.1, -0.05) is 23.7 Å². The quantitative estimate of drug-likeness (QED) is 0.812. The molecule has 6 nitrogen and oxygen atoms in total. The summed E-state index contributed by atoms with van der Waals surface area (Å²) in [4.78, 5) is 26.9. The highest BCUT2D eigenvalue weighted by molar-refractivity contribution is 6.32. The molecule has 132 valence electrons. The molecule has 24 heavy (non-hydrogen) atoms. The Morgan fingerprint density at radius 3 is 2.88 bits per heavy atom. The topological polar surface area (TPSA) is 70.1 Å². The predicted molar refractivity (Wildman–Crippen MR) is 91.4 cm³/mol. The van der Waals surface area contributed by atoms with Gasteiger partial charge in [0.05, 0.1) is 11.1 Å². The average molecular weight is 355 g/mol. The zero-order valence-electron chi connectivity index (χ0n) is 13.8. The number of halogens is 1. The lowest BCUT2D eigenvalue weighted by molar-refractivity contribution is -0.146. The molecular formula is C17H23ClN2O4. The van der Waals surface area contributed by atoms with Gasteiger partial charge in [0.2, 0.25) is 5.91 Å². The maximum absolute atomic E-state index is 12.6. The first-order valence-corrected chi connectivity index (χ1v) is 8.45. The van der Waals surface area contributed by atoms with Gasteiger partial charge in [-0.05, 0) is 38.4 Å². The number of rotatable bonds is 7. The van der Waals surface area contributed by atoms with E-state index in [1.807, 2.05) is 24.1 Å². The minimum absolute atomic E-state index is 0.116. The van der Waals surface area contributed by atoms with Crippen LogP contribution in [0.5, 0.6) is 5.75 Å². The van der Waals surface area contributed by atoms with E-state index >= 15 is 0 Å². The highest BCUT2D eigenvalue weighted by atomic mass is 35.5. The molecule has 0 radical (unpaired) electrons. The maximum Gasteiger partial charge on any atom is 0.323 e. The van der Waals surface area contributed by atoms with Crippen LogP contribution in [-0.4, -0.2) is 66.1 Å². The molecule has 0 saturated carbocycles. The minimum atomic E-state index is -0.978. The number of amides is 1. The molecule has 1 amide bonds. The van der Waals surface area contributed by atoms with Gasteiger partial charge in [-0.15, -0.1) is 0 Å². The molecule has 1 aliphatic rings. The van der Waals surface area contributed by atoms with Crippen LogP contribution in [0, 0.1) is 0 Å². The van der Waals surface area contributed by atoms with Crippen molar-refractivity contribution >= 4 is 23.5 Å². The molecule has 1 aromatic carbocycles. The zero-order chi connectivity index (χ0) is 17.5. The van der Waals surface area contributed by atoms with Crippen LogP contribution in [0.4, 0.5) is 0 Å². The zero-order valence-corrected chi connectivity index (χ0v) is 14.5. The second kappa shape index (κ2) is 8.89. The first kappa shape index (κ1) is 18.5. The third-order valence-electron chi connectivity index (χ3n) is 4.15. The molecule has 1 unspecified atom stereocenters. The lowest BCUT2D eigenvalue weighted by Gasteiger charge is -2.29. The molecule has 1 saturated heterocycles. The van der Waals surface area contributed by atoms with Crippen molar-refractivity contribution in [1.82, 2.24) is 9.80 Å². The highest BCUT2D eigenvalue weighted by Gasteiger charge is 2.30. The summed E-state index contributed by atoms with van der Waals surface area (Å²) in [6.07, 6.45) is 2.47. The third kappa shape index (κ3) is 5.11. The minimum Gasteiger partial charge on any atom is -0.491 e. The van der Waals surface area contributed by atoms with Crippen molar-refractivity contribution in [3.8, 4) is 5.75 Å². The van der Waals surface area contributed by atoms with Crippen molar-refractivity contribution in [1.29, 1.82) is 0 Å². The summed E-state index contributed by atoms with van der Waals surface area (Å²) in [5.74, 6) is -0.476. The predicted octanol–water partition coefficient (Wildman–Crippen LogP) is 2.12. The second-order valence-electron chi connectivity index (χ2n) is 5.92. The van der Waals surface area contributed by atoms with E-state index in [2.05, 4.69) is 0 Å². The van der Waals surface area contributed by atoms with Crippen LogP contribution in [-0.2, 0) is 9.59 Å². The molecule has 1 N–H and O–H groups in total. The number of aliphatic carboxylic acids is 1. The third-order valence-corrected chi connectivity index (χ3v) is 4.46. The van der Waals surface area contributed by atoms with E-state index in [9.17, 15) is 9.59 Å². The molecule has 1 atom stereocenters. The van der Waals surface area contributed by atoms with Crippen molar-refractivity contribution in [3.63, 3.8) is 0 Å². The number of carboxylic acids is 1. The lowest BCUT2D eigenvalue weighted by Crippen LogP contribution is -2.48. The summed E-state index contributed by atoms with van der Waals surface area (Å²) < 4.78 is 5.66. The number of carboxylic acid groups (broad SMARTS) is 1. The van der Waals surface area contributed by atoms with Gasteiger partial charge < -0.3 is 14.7 Å². The van der Waals surface area contributed by atoms with Crippen LogP contribution in [0.2, 0.25) is 5.02 Å². The standard InChI is InChI=1S/C17H23ClN2O4/c1-19(10-11-24-15-8-3-2-6-13(15)18)14-7-4-5-9-20(17(14)23)12-16(21)22/h2-3,6,8,14H,4-5,7,9-12H2,1H3,(H,21,22). The van der Waals surface area contributed by atoms with Crippen LogP contribution in [0.25, 0.3) is 0 Å². The average Bonchev–Trinajstić information content (AvgIpc) is 2.71. The van der Waals surface area contributed by atoms with Gasteiger partial charge in [-0.3, -0.25) is 14.5 Å². The molecule has 0 aromatic heterocycles. The Morgan fingerprint density at radius 1 is 1.42 bits per heavy atom. The first-order valence-electron chi connectivity index (χ1n) is 8.07. The number of carbonyl (C=O) groups excluding carboxylic acids is 1. The van der Waals surface area contributed by atoms with Gasteiger partial charge in [0.25, 0.3) is 0 Å². The molecule has 7 heteroatoms. The van der Waals surface area contributed by atoms with Crippen LogP contribution in [0.15, 0.2) is 24.3 Å². The number of hydrogen-bond acceptors (Lipinski definition) is 4. The van der Waals surface area contributed by atoms with Gasteiger partial charge >= 0.3 is 5.97 Å². The largest absolute Gasteiger partial charge is 0.491 e. The van der Waals surface area contributed by atoms with E-state index in [0.29, 0.717) is 30.5 Å². The van der Waals surface area contributed by atoms with Crippen molar-refractivity contribution in [2.75, 3.05) is 33.3 Å². The number of benzene rings is 1. The number of nitrogens with zero attached hydrogens (tertiary/aromatic N) is 2. The fourth-order valence-corrected chi connectivity index (χ4v) is 3.02. The molecular weight excluding hydrogens is 332 g/mol. The molecule has 2 rings (SSSR count). The Hall–Kier alpha value is -1.79. The highest BCUT2D eigenvalue weighted by Crippen LogP contribution is 2.23. The number of likely N-dealkylation sites (N-methyl/N-ethyl adjacent to an activating group) is 1. The van der Waals surface area contributed by atoms with E-state index in [1.165, 1.54) is 4.90 Å². The van der Waals surface area contributed by atoms with Gasteiger partial charge in [0.15, 0.2) is 0 Å². The van der Waals surface area contributed by atoms with Crippen LogP contribution < -0.4 is 4.74 Å². The first-order chi connectivity index (χ1) is 11.5. The van der Waals surface area contributed by atoms with E-state index in [-0.39, 0.29) is 18.5 Å². The summed E-state index contributed by atoms with van der Waals surface area (Å²) in [7, 11) is 1.86. The van der Waals surface area contributed by atoms with E-state index in [4.69, 9.17) is 21.4 Å². The molecule has 1 aliphatic heterocycles. The Balaban J connectivity index is 1.90. The maximum atomic E-state index is 12.6. The SMILES string of the molecule is CN(CCOc1ccccc1Cl)C1CCCCN(CC(=O)O)C1=O. The number of para-hydroxylation sites is 1. The molecule has 1 heterocycles. The summed E-state index contributed by atoms with van der Waals surface area (Å²) in [5, 5.41) is 9.51. The van der Waals surface area contributed by atoms with Crippen molar-refractivity contribution in [2.24, 2.45) is 0 Å². The van der Waals surface area contributed by atoms with Gasteiger partial charge in [0, 0.05) is 13.1 Å². The van der Waals surface area contributed by atoms with Gasteiger partial charge in [-0.25, -0.2) is 0 Å². The summed E-state index contributed by atoms with van der Waals surface area (Å²) in [6, 6.07) is 6.95. The van der Waals surface area contributed by atoms with Crippen LogP contribution >= 0.6 is 11.6 Å². The van der Waals surface area contributed by atoms with E-state index in [1.54, 1.807) is 12.1 Å². The summed E-state index contributed by atoms with van der Waals surface area (Å²) in [6.45, 7) is 1.23. The van der Waals surface area contributed by atoms with Crippen molar-refractivity contribution in [2.45, 2.75) is 25.3 Å². The molecule has 0 bridgehead atoms. The summed E-state index contributed by atoms with van der Waals surface area (Å²) >= 11 is 6.05. The van der Waals surface area contributed by atoms with Crippen LogP contribution in [0.3, 0.4) is 0 Å². The number of hydrogen-bond donors (Lipinski definition) is 1. The fourth-order valence-electron chi connectivity index (χ4n) is 2.83. The van der Waals surface area contributed by atoms with Crippen molar-refractivity contribution in [3.05, 3.63) is 29.3 Å². The van der Waals surface area contributed by atoms with Gasteiger partial charge in [0.1, 0.15) is 18.9 Å². The fraction of sp³-hybridized carbons (Fsp3) is 0.529. The Kier molecular flexibility index (Phi) is 6.87. The Morgan fingerprint density at radius 2 is 2.17 bits per heavy atom. The Labute approximate surface area is 146 Å². The Bertz CT molecular complexity index is 581. The smallest absolute Gasteiger partial charge is 0.323 e. The second-order valence-corrected chi connectivity index (χ2v) is 6.33. The van der Waals surface area contributed by atoms with Crippen molar-refractivity contribution < 1.29 is 19.4 Å². The molecule has 0 aliphatic carbocycles.